The molecule has 1 aliphatic heterocycles. The van der Waals surface area contributed by atoms with E-state index in [2.05, 4.69) is 5.32 Å². The summed E-state index contributed by atoms with van der Waals surface area (Å²) in [6.07, 6.45) is 0.0436. The van der Waals surface area contributed by atoms with Crippen molar-refractivity contribution in [2.45, 2.75) is 19.3 Å². The van der Waals surface area contributed by atoms with Gasteiger partial charge in [0.1, 0.15) is 12.4 Å². The quantitative estimate of drug-likeness (QED) is 0.857. The summed E-state index contributed by atoms with van der Waals surface area (Å²) < 4.78 is 10.1. The number of ether oxygens (including phenoxy) is 2. The molecule has 1 fully saturated rings. The molecule has 2 aromatic rings. The molecule has 0 aromatic heterocycles. The highest BCUT2D eigenvalue weighted by Crippen LogP contribution is 2.24. The summed E-state index contributed by atoms with van der Waals surface area (Å²) in [5, 5.41) is 2.90. The van der Waals surface area contributed by atoms with Gasteiger partial charge >= 0.3 is 6.09 Å². The second-order valence-electron chi connectivity index (χ2n) is 6.24. The van der Waals surface area contributed by atoms with Gasteiger partial charge in [-0.1, -0.05) is 19.1 Å². The first-order chi connectivity index (χ1) is 12.6. The molecule has 6 nitrogen and oxygen atoms in total. The van der Waals surface area contributed by atoms with Crippen molar-refractivity contribution < 1.29 is 19.1 Å². The van der Waals surface area contributed by atoms with Gasteiger partial charge in [0.05, 0.1) is 13.7 Å². The minimum atomic E-state index is -0.338. The van der Waals surface area contributed by atoms with Gasteiger partial charge in [-0.05, 0) is 47.9 Å². The Labute approximate surface area is 152 Å². The van der Waals surface area contributed by atoms with Crippen molar-refractivity contribution >= 4 is 23.4 Å². The number of cyclic esters (lactones) is 1. The highest BCUT2D eigenvalue weighted by atomic mass is 16.6. The van der Waals surface area contributed by atoms with Crippen LogP contribution in [0.4, 0.5) is 16.2 Å². The lowest BCUT2D eigenvalue weighted by Crippen LogP contribution is -2.23. The van der Waals surface area contributed by atoms with Crippen LogP contribution in [-0.4, -0.2) is 32.3 Å². The molecule has 26 heavy (non-hydrogen) atoms. The second-order valence-corrected chi connectivity index (χ2v) is 6.24. The summed E-state index contributed by atoms with van der Waals surface area (Å²) in [6, 6.07) is 14.9. The number of nitrogens with zero attached hydrogens (tertiary/aromatic N) is 1. The molecule has 1 atom stereocenters. The van der Waals surface area contributed by atoms with Crippen molar-refractivity contribution in [1.29, 1.82) is 0 Å². The Morgan fingerprint density at radius 1 is 1.19 bits per heavy atom. The topological polar surface area (TPSA) is 67.9 Å². The van der Waals surface area contributed by atoms with Gasteiger partial charge in [-0.2, -0.15) is 0 Å². The van der Waals surface area contributed by atoms with Crippen LogP contribution >= 0.6 is 0 Å². The number of methoxy groups -OCH3 is 1. The summed E-state index contributed by atoms with van der Waals surface area (Å²) in [7, 11) is 1.63. The van der Waals surface area contributed by atoms with Crippen LogP contribution in [-0.2, 0) is 9.53 Å². The highest BCUT2D eigenvalue weighted by molar-refractivity contribution is 5.92. The molecule has 2 amide bonds. The van der Waals surface area contributed by atoms with Crippen molar-refractivity contribution in [3.63, 3.8) is 0 Å². The number of hydrogen-bond acceptors (Lipinski definition) is 4. The van der Waals surface area contributed by atoms with Crippen molar-refractivity contribution in [3.05, 3.63) is 54.1 Å². The highest BCUT2D eigenvalue weighted by Gasteiger charge is 2.23. The van der Waals surface area contributed by atoms with Crippen molar-refractivity contribution in [1.82, 2.24) is 0 Å². The van der Waals surface area contributed by atoms with E-state index in [0.29, 0.717) is 25.3 Å². The fourth-order valence-electron chi connectivity index (χ4n) is 2.89. The van der Waals surface area contributed by atoms with Gasteiger partial charge in [0.25, 0.3) is 0 Å². The SMILES string of the molecule is COc1ccc(C(C)CC(=O)Nc2ccc(N3CCOC3=O)cc2)cc1. The van der Waals surface area contributed by atoms with Crippen molar-refractivity contribution in [2.75, 3.05) is 30.5 Å². The molecular formula is C20H22N2O4. The first kappa shape index (κ1) is 17.8. The van der Waals surface area contributed by atoms with Gasteiger partial charge in [0.15, 0.2) is 0 Å². The predicted molar refractivity (Wildman–Crippen MR) is 99.8 cm³/mol. The molecule has 3 rings (SSSR count). The maximum Gasteiger partial charge on any atom is 0.414 e. The van der Waals surface area contributed by atoms with Crippen LogP contribution in [0.2, 0.25) is 0 Å². The molecule has 6 heteroatoms. The maximum atomic E-state index is 12.3. The van der Waals surface area contributed by atoms with Crippen LogP contribution in [0.15, 0.2) is 48.5 Å². The van der Waals surface area contributed by atoms with Gasteiger partial charge in [0.2, 0.25) is 5.91 Å². The van der Waals surface area contributed by atoms with E-state index in [1.165, 1.54) is 0 Å². The number of anilines is 2. The average Bonchev–Trinajstić information content (AvgIpc) is 3.08. The zero-order chi connectivity index (χ0) is 18.5. The number of nitrogens with one attached hydrogen (secondary N) is 1. The third kappa shape index (κ3) is 4.14. The van der Waals surface area contributed by atoms with E-state index in [9.17, 15) is 9.59 Å². The molecule has 0 saturated carbocycles. The van der Waals surface area contributed by atoms with Crippen LogP contribution in [0.5, 0.6) is 5.75 Å². The Hall–Kier alpha value is -3.02. The minimum absolute atomic E-state index is 0.0540. The molecule has 2 aromatic carbocycles. The molecular weight excluding hydrogens is 332 g/mol. The van der Waals surface area contributed by atoms with E-state index >= 15 is 0 Å². The number of carbonyl (C=O) groups excluding carboxylic acids is 2. The third-order valence-electron chi connectivity index (χ3n) is 4.40. The smallest absolute Gasteiger partial charge is 0.414 e. The summed E-state index contributed by atoms with van der Waals surface area (Å²) in [4.78, 5) is 25.4. The van der Waals surface area contributed by atoms with Crippen LogP contribution in [0.25, 0.3) is 0 Å². The Bertz CT molecular complexity index is 771. The largest absolute Gasteiger partial charge is 0.497 e. The standard InChI is InChI=1S/C20H22N2O4/c1-14(15-3-9-18(25-2)10-4-15)13-19(23)21-16-5-7-17(8-6-16)22-11-12-26-20(22)24/h3-10,14H,11-13H2,1-2H3,(H,21,23). The van der Waals surface area contributed by atoms with Gasteiger partial charge in [0, 0.05) is 17.8 Å². The summed E-state index contributed by atoms with van der Waals surface area (Å²) in [5.41, 5.74) is 2.55. The van der Waals surface area contributed by atoms with Crippen LogP contribution < -0.4 is 15.0 Å². The lowest BCUT2D eigenvalue weighted by Gasteiger charge is -2.15. The summed E-state index contributed by atoms with van der Waals surface area (Å²) >= 11 is 0. The predicted octanol–water partition coefficient (Wildman–Crippen LogP) is 3.78. The van der Waals surface area contributed by atoms with Crippen LogP contribution in [0.1, 0.15) is 24.8 Å². The first-order valence-electron chi connectivity index (χ1n) is 8.55. The maximum absolute atomic E-state index is 12.3. The fraction of sp³-hybridized carbons (Fsp3) is 0.300. The van der Waals surface area contributed by atoms with Gasteiger partial charge < -0.3 is 14.8 Å². The Morgan fingerprint density at radius 2 is 1.88 bits per heavy atom. The molecule has 1 aliphatic rings. The van der Waals surface area contributed by atoms with E-state index in [1.54, 1.807) is 36.3 Å². The van der Waals surface area contributed by atoms with E-state index in [0.717, 1.165) is 17.0 Å². The number of amides is 2. The van der Waals surface area contributed by atoms with E-state index in [-0.39, 0.29) is 17.9 Å². The zero-order valence-corrected chi connectivity index (χ0v) is 14.9. The van der Waals surface area contributed by atoms with Crippen LogP contribution in [0.3, 0.4) is 0 Å². The molecule has 1 N–H and O–H groups in total. The molecule has 1 saturated heterocycles. The van der Waals surface area contributed by atoms with Crippen molar-refractivity contribution in [3.8, 4) is 5.75 Å². The summed E-state index contributed by atoms with van der Waals surface area (Å²) in [6.45, 7) is 2.97. The van der Waals surface area contributed by atoms with E-state index in [1.807, 2.05) is 31.2 Å². The zero-order valence-electron chi connectivity index (χ0n) is 14.9. The fourth-order valence-corrected chi connectivity index (χ4v) is 2.89. The van der Waals surface area contributed by atoms with Gasteiger partial charge in [-0.25, -0.2) is 4.79 Å². The lowest BCUT2D eigenvalue weighted by atomic mass is 9.97. The number of hydrogen-bond donors (Lipinski definition) is 1. The van der Waals surface area contributed by atoms with E-state index < -0.39 is 0 Å². The number of carbonyl (C=O) groups is 2. The molecule has 136 valence electrons. The van der Waals surface area contributed by atoms with E-state index in [4.69, 9.17) is 9.47 Å². The minimum Gasteiger partial charge on any atom is -0.497 e. The average molecular weight is 354 g/mol. The van der Waals surface area contributed by atoms with Gasteiger partial charge in [-0.15, -0.1) is 0 Å². The Balaban J connectivity index is 1.56. The molecule has 0 bridgehead atoms. The molecule has 0 aliphatic carbocycles. The lowest BCUT2D eigenvalue weighted by molar-refractivity contribution is -0.116. The number of rotatable bonds is 6. The third-order valence-corrected chi connectivity index (χ3v) is 4.40. The molecule has 0 spiro atoms. The second kappa shape index (κ2) is 7.91. The first-order valence-corrected chi connectivity index (χ1v) is 8.55. The normalized spacial score (nSPS) is 14.7. The Morgan fingerprint density at radius 3 is 2.46 bits per heavy atom. The molecule has 0 radical (unpaired) electrons. The molecule has 1 heterocycles. The molecule has 1 unspecified atom stereocenters. The van der Waals surface area contributed by atoms with Crippen LogP contribution in [0, 0.1) is 0 Å². The monoisotopic (exact) mass is 354 g/mol. The Kier molecular flexibility index (Phi) is 5.41. The number of benzene rings is 2. The van der Waals surface area contributed by atoms with Crippen molar-refractivity contribution in [2.24, 2.45) is 0 Å². The summed E-state index contributed by atoms with van der Waals surface area (Å²) in [5.74, 6) is 0.841. The van der Waals surface area contributed by atoms with Gasteiger partial charge in [-0.3, -0.25) is 9.69 Å².